The van der Waals surface area contributed by atoms with Gasteiger partial charge in [-0.05, 0) is 31.2 Å². The molecule has 0 amide bonds. The second-order valence-corrected chi connectivity index (χ2v) is 6.78. The molecule has 0 spiro atoms. The van der Waals surface area contributed by atoms with Crippen LogP contribution in [0, 0.1) is 6.92 Å². The predicted molar refractivity (Wildman–Crippen MR) is 81.2 cm³/mol. The SMILES string of the molecule is Cc1ccc(NS(=O)(=O)c2ccc(-c3cc(C(F)(F)F)on3)o2)cc1. The molecule has 0 aliphatic heterocycles. The van der Waals surface area contributed by atoms with Crippen LogP contribution in [-0.2, 0) is 16.2 Å². The lowest BCUT2D eigenvalue weighted by Gasteiger charge is -2.05. The van der Waals surface area contributed by atoms with Crippen LogP contribution in [0.15, 0.2) is 56.5 Å². The summed E-state index contributed by atoms with van der Waals surface area (Å²) in [6, 6.07) is 9.53. The molecule has 0 bridgehead atoms. The van der Waals surface area contributed by atoms with Gasteiger partial charge < -0.3 is 8.94 Å². The van der Waals surface area contributed by atoms with E-state index in [2.05, 4.69) is 14.4 Å². The first-order valence-corrected chi connectivity index (χ1v) is 8.37. The zero-order chi connectivity index (χ0) is 18.2. The van der Waals surface area contributed by atoms with Crippen LogP contribution in [0.5, 0.6) is 0 Å². The van der Waals surface area contributed by atoms with Gasteiger partial charge in [0.05, 0.1) is 0 Å². The Morgan fingerprint density at radius 1 is 1.08 bits per heavy atom. The molecule has 1 aromatic carbocycles. The van der Waals surface area contributed by atoms with E-state index in [4.69, 9.17) is 4.42 Å². The smallest absolute Gasteiger partial charge is 0.441 e. The molecule has 6 nitrogen and oxygen atoms in total. The summed E-state index contributed by atoms with van der Waals surface area (Å²) >= 11 is 0. The number of aryl methyl sites for hydroxylation is 1. The van der Waals surface area contributed by atoms with Gasteiger partial charge in [-0.3, -0.25) is 4.72 Å². The number of halogens is 3. The lowest BCUT2D eigenvalue weighted by molar-refractivity contribution is -0.155. The van der Waals surface area contributed by atoms with Gasteiger partial charge in [-0.15, -0.1) is 0 Å². The second-order valence-electron chi connectivity index (χ2n) is 5.16. The van der Waals surface area contributed by atoms with Crippen molar-refractivity contribution in [3.8, 4) is 11.5 Å². The molecule has 0 aliphatic rings. The number of anilines is 1. The third kappa shape index (κ3) is 3.68. The molecule has 2 heterocycles. The van der Waals surface area contributed by atoms with Crippen LogP contribution >= 0.6 is 0 Å². The highest BCUT2D eigenvalue weighted by atomic mass is 32.2. The number of alkyl halides is 3. The van der Waals surface area contributed by atoms with E-state index in [1.54, 1.807) is 24.3 Å². The van der Waals surface area contributed by atoms with Gasteiger partial charge in [-0.2, -0.15) is 21.6 Å². The summed E-state index contributed by atoms with van der Waals surface area (Å²) in [5.74, 6) is -1.47. The van der Waals surface area contributed by atoms with Gasteiger partial charge >= 0.3 is 6.18 Å². The van der Waals surface area contributed by atoms with Crippen molar-refractivity contribution in [3.63, 3.8) is 0 Å². The molecule has 0 radical (unpaired) electrons. The maximum atomic E-state index is 12.5. The fourth-order valence-electron chi connectivity index (χ4n) is 1.95. The molecule has 0 unspecified atom stereocenters. The Labute approximate surface area is 140 Å². The van der Waals surface area contributed by atoms with Crippen molar-refractivity contribution in [2.45, 2.75) is 18.2 Å². The Morgan fingerprint density at radius 2 is 1.76 bits per heavy atom. The molecule has 0 atom stereocenters. The highest BCUT2D eigenvalue weighted by Crippen LogP contribution is 2.33. The summed E-state index contributed by atoms with van der Waals surface area (Å²) in [6.45, 7) is 1.85. The number of nitrogens with one attached hydrogen (secondary N) is 1. The van der Waals surface area contributed by atoms with Crippen LogP contribution < -0.4 is 4.72 Å². The zero-order valence-electron chi connectivity index (χ0n) is 12.7. The molecule has 0 fully saturated rings. The van der Waals surface area contributed by atoms with E-state index in [1.165, 1.54) is 6.07 Å². The van der Waals surface area contributed by atoms with E-state index in [0.717, 1.165) is 11.6 Å². The van der Waals surface area contributed by atoms with Crippen molar-refractivity contribution >= 4 is 15.7 Å². The summed E-state index contributed by atoms with van der Waals surface area (Å²) in [7, 11) is -4.03. The van der Waals surface area contributed by atoms with Crippen molar-refractivity contribution in [1.29, 1.82) is 0 Å². The minimum Gasteiger partial charge on any atom is -0.441 e. The van der Waals surface area contributed by atoms with E-state index in [1.807, 2.05) is 6.92 Å². The summed E-state index contributed by atoms with van der Waals surface area (Å²) in [5.41, 5.74) is 1.02. The fraction of sp³-hybridized carbons (Fsp3) is 0.133. The molecular weight excluding hydrogens is 361 g/mol. The van der Waals surface area contributed by atoms with Crippen molar-refractivity contribution in [3.05, 3.63) is 53.8 Å². The van der Waals surface area contributed by atoms with E-state index < -0.39 is 27.1 Å². The lowest BCUT2D eigenvalue weighted by Crippen LogP contribution is -2.11. The van der Waals surface area contributed by atoms with Gasteiger partial charge in [0.2, 0.25) is 10.9 Å². The Bertz CT molecular complexity index is 988. The average molecular weight is 372 g/mol. The molecular formula is C15H11F3N2O4S. The molecule has 10 heteroatoms. The summed E-state index contributed by atoms with van der Waals surface area (Å²) in [5, 5.41) is 2.78. The third-order valence-corrected chi connectivity index (χ3v) is 4.45. The van der Waals surface area contributed by atoms with Gasteiger partial charge in [-0.1, -0.05) is 22.9 Å². The lowest BCUT2D eigenvalue weighted by atomic mass is 10.2. The van der Waals surface area contributed by atoms with Crippen LogP contribution in [0.25, 0.3) is 11.5 Å². The average Bonchev–Trinajstić information content (AvgIpc) is 3.17. The first-order valence-electron chi connectivity index (χ1n) is 6.89. The van der Waals surface area contributed by atoms with Gasteiger partial charge in [0, 0.05) is 11.8 Å². The maximum absolute atomic E-state index is 12.5. The maximum Gasteiger partial charge on any atom is 0.452 e. The van der Waals surface area contributed by atoms with Crippen molar-refractivity contribution in [2.24, 2.45) is 0 Å². The molecule has 3 rings (SSSR count). The number of sulfonamides is 1. The first kappa shape index (κ1) is 17.1. The van der Waals surface area contributed by atoms with Gasteiger partial charge in [-0.25, -0.2) is 0 Å². The number of hydrogen-bond donors (Lipinski definition) is 1. The van der Waals surface area contributed by atoms with Crippen molar-refractivity contribution in [1.82, 2.24) is 5.16 Å². The number of furan rings is 1. The summed E-state index contributed by atoms with van der Waals surface area (Å²) < 4.78 is 73.7. The molecule has 132 valence electrons. The number of benzene rings is 1. The summed E-state index contributed by atoms with van der Waals surface area (Å²) in [6.07, 6.45) is -4.69. The highest BCUT2D eigenvalue weighted by Gasteiger charge is 2.36. The first-order chi connectivity index (χ1) is 11.6. The molecule has 2 aromatic heterocycles. The largest absolute Gasteiger partial charge is 0.452 e. The quantitative estimate of drug-likeness (QED) is 0.746. The van der Waals surface area contributed by atoms with Gasteiger partial charge in [0.25, 0.3) is 10.0 Å². The Kier molecular flexibility index (Phi) is 4.07. The molecule has 0 aliphatic carbocycles. The molecule has 3 aromatic rings. The van der Waals surface area contributed by atoms with Crippen molar-refractivity contribution in [2.75, 3.05) is 4.72 Å². The number of aromatic nitrogens is 1. The molecule has 0 saturated heterocycles. The van der Waals surface area contributed by atoms with E-state index in [9.17, 15) is 21.6 Å². The van der Waals surface area contributed by atoms with Gasteiger partial charge in [0.15, 0.2) is 5.76 Å². The second kappa shape index (κ2) is 5.96. The predicted octanol–water partition coefficient (Wildman–Crippen LogP) is 4.06. The van der Waals surface area contributed by atoms with Gasteiger partial charge in [0.1, 0.15) is 5.69 Å². The van der Waals surface area contributed by atoms with E-state index in [-0.39, 0.29) is 11.5 Å². The Hall–Kier alpha value is -2.75. The minimum atomic E-state index is -4.69. The normalized spacial score (nSPS) is 12.3. The molecule has 1 N–H and O–H groups in total. The molecule has 25 heavy (non-hydrogen) atoms. The Morgan fingerprint density at radius 3 is 2.36 bits per heavy atom. The van der Waals surface area contributed by atoms with Crippen LogP contribution in [-0.4, -0.2) is 13.6 Å². The van der Waals surface area contributed by atoms with E-state index in [0.29, 0.717) is 11.8 Å². The summed E-state index contributed by atoms with van der Waals surface area (Å²) in [4.78, 5) is 0. The van der Waals surface area contributed by atoms with Crippen LogP contribution in [0.3, 0.4) is 0 Å². The third-order valence-electron chi connectivity index (χ3n) is 3.19. The Balaban J connectivity index is 1.85. The highest BCUT2D eigenvalue weighted by molar-refractivity contribution is 7.92. The fourth-order valence-corrected chi connectivity index (χ4v) is 2.95. The van der Waals surface area contributed by atoms with E-state index >= 15 is 0 Å². The van der Waals surface area contributed by atoms with Crippen LogP contribution in [0.4, 0.5) is 18.9 Å². The van der Waals surface area contributed by atoms with Crippen molar-refractivity contribution < 1.29 is 30.5 Å². The zero-order valence-corrected chi connectivity index (χ0v) is 13.5. The monoisotopic (exact) mass is 372 g/mol. The number of nitrogens with zero attached hydrogens (tertiary/aromatic N) is 1. The number of hydrogen-bond acceptors (Lipinski definition) is 5. The topological polar surface area (TPSA) is 85.3 Å². The minimum absolute atomic E-state index is 0.163. The number of rotatable bonds is 4. The molecule has 0 saturated carbocycles. The standard InChI is InChI=1S/C15H11F3N2O4S/c1-9-2-4-10(5-3-9)20-25(21,22)14-7-6-12(23-14)11-8-13(24-19-11)15(16,17)18/h2-8,20H,1H3. The van der Waals surface area contributed by atoms with Crippen LogP contribution in [0.1, 0.15) is 11.3 Å². The van der Waals surface area contributed by atoms with Crippen LogP contribution in [0.2, 0.25) is 0 Å².